The van der Waals surface area contributed by atoms with Gasteiger partial charge in [0.2, 0.25) is 0 Å². The summed E-state index contributed by atoms with van der Waals surface area (Å²) in [5.74, 6) is 0.287. The van der Waals surface area contributed by atoms with Crippen LogP contribution in [-0.2, 0) is 19.7 Å². The van der Waals surface area contributed by atoms with Crippen molar-refractivity contribution in [1.82, 2.24) is 10.2 Å². The van der Waals surface area contributed by atoms with Crippen molar-refractivity contribution in [2.75, 3.05) is 38.2 Å². The van der Waals surface area contributed by atoms with Crippen LogP contribution in [0.5, 0.6) is 0 Å². The minimum Gasteiger partial charge on any atom is -0.352 e. The van der Waals surface area contributed by atoms with Gasteiger partial charge in [0, 0.05) is 29.9 Å². The highest BCUT2D eigenvalue weighted by Crippen LogP contribution is 2.35. The molecule has 3 aromatic carbocycles. The highest BCUT2D eigenvalue weighted by molar-refractivity contribution is 7.91. The topological polar surface area (TPSA) is 101 Å². The normalized spacial score (nSPS) is 18.4. The van der Waals surface area contributed by atoms with Gasteiger partial charge >= 0.3 is 0 Å². The number of likely N-dealkylation sites (tertiary alicyclic amines) is 1. The van der Waals surface area contributed by atoms with Crippen molar-refractivity contribution in [3.05, 3.63) is 95.0 Å². The third kappa shape index (κ3) is 8.16. The predicted molar refractivity (Wildman–Crippen MR) is 158 cm³/mol. The monoisotopic (exact) mass is 602 g/mol. The molecule has 0 saturated carbocycles. The van der Waals surface area contributed by atoms with Crippen LogP contribution in [0.2, 0.25) is 5.02 Å². The molecule has 1 N–H and O–H groups in total. The largest absolute Gasteiger partial charge is 0.352 e. The Balaban J connectivity index is 1.34. The molecule has 1 saturated heterocycles. The van der Waals surface area contributed by atoms with Gasteiger partial charge in [-0.1, -0.05) is 41.9 Å². The molecule has 40 heavy (non-hydrogen) atoms. The number of rotatable bonds is 11. The average Bonchev–Trinajstić information content (AvgIpc) is 2.95. The van der Waals surface area contributed by atoms with E-state index in [4.69, 9.17) is 11.6 Å². The van der Waals surface area contributed by atoms with Gasteiger partial charge in [-0.15, -0.1) is 0 Å². The molecular weight excluding hydrogens is 568 g/mol. The van der Waals surface area contributed by atoms with Gasteiger partial charge in [-0.3, -0.25) is 4.79 Å². The maximum Gasteiger partial charge on any atom is 0.251 e. The molecule has 1 aliphatic heterocycles. The molecule has 0 aromatic heterocycles. The van der Waals surface area contributed by atoms with E-state index in [1.165, 1.54) is 29.8 Å². The van der Waals surface area contributed by atoms with Crippen LogP contribution < -0.4 is 5.32 Å². The number of carbonyl (C=O) groups excluding carboxylic acids is 1. The number of halogens is 1. The quantitative estimate of drug-likeness (QED) is 0.316. The predicted octanol–water partition coefficient (Wildman–Crippen LogP) is 4.83. The van der Waals surface area contributed by atoms with Crippen molar-refractivity contribution in [2.45, 2.75) is 35.0 Å². The fraction of sp³-hybridized carbons (Fsp3) is 0.367. The van der Waals surface area contributed by atoms with Crippen LogP contribution in [0.15, 0.2) is 88.7 Å². The zero-order valence-electron chi connectivity index (χ0n) is 22.5. The number of benzene rings is 3. The lowest BCUT2D eigenvalue weighted by Gasteiger charge is -2.39. The second kappa shape index (κ2) is 13.3. The number of amides is 1. The molecule has 4 rings (SSSR count). The molecule has 2 atom stereocenters. The Morgan fingerprint density at radius 2 is 1.57 bits per heavy atom. The molecule has 0 bridgehead atoms. The Kier molecular flexibility index (Phi) is 10.1. The minimum absolute atomic E-state index is 0.00987. The van der Waals surface area contributed by atoms with E-state index in [9.17, 15) is 21.6 Å². The fourth-order valence-corrected chi connectivity index (χ4v) is 7.38. The molecule has 0 radical (unpaired) electrons. The van der Waals surface area contributed by atoms with Crippen LogP contribution >= 0.6 is 11.6 Å². The van der Waals surface area contributed by atoms with Gasteiger partial charge in [-0.2, -0.15) is 0 Å². The molecule has 1 heterocycles. The summed E-state index contributed by atoms with van der Waals surface area (Å²) in [6.07, 6.45) is 3.31. The Labute approximate surface area is 242 Å². The van der Waals surface area contributed by atoms with Crippen LogP contribution in [-0.4, -0.2) is 65.8 Å². The zero-order chi connectivity index (χ0) is 28.8. The molecule has 2 unspecified atom stereocenters. The van der Waals surface area contributed by atoms with E-state index >= 15 is 0 Å². The maximum absolute atomic E-state index is 13.1. The Bertz CT molecular complexity index is 1490. The summed E-state index contributed by atoms with van der Waals surface area (Å²) < 4.78 is 49.6. The van der Waals surface area contributed by atoms with E-state index in [0.717, 1.165) is 38.7 Å². The number of nitrogens with zero attached hydrogens (tertiary/aromatic N) is 1. The molecule has 0 spiro atoms. The van der Waals surface area contributed by atoms with Crippen molar-refractivity contribution < 1.29 is 21.6 Å². The number of piperidine rings is 1. The molecule has 3 aromatic rings. The molecule has 1 amide bonds. The summed E-state index contributed by atoms with van der Waals surface area (Å²) in [5, 5.41) is 3.56. The number of nitrogens with one attached hydrogen (secondary N) is 1. The SMILES string of the molecule is CS(=O)(=O)c1ccc(S(=O)(=O)CCC2CCN(CCCNC(=O)c3ccc(Cl)cc3)CC2c2ccccc2)cc1. The Morgan fingerprint density at radius 3 is 2.23 bits per heavy atom. The number of sulfone groups is 2. The number of carbonyl (C=O) groups is 1. The van der Waals surface area contributed by atoms with Gasteiger partial charge in [0.25, 0.3) is 5.91 Å². The van der Waals surface area contributed by atoms with Crippen LogP contribution in [0.4, 0.5) is 0 Å². The first kappa shape index (κ1) is 30.2. The Morgan fingerprint density at radius 1 is 0.925 bits per heavy atom. The van der Waals surface area contributed by atoms with Crippen LogP contribution in [0.25, 0.3) is 0 Å². The second-order valence-electron chi connectivity index (χ2n) is 10.3. The summed E-state index contributed by atoms with van der Waals surface area (Å²) >= 11 is 5.90. The first-order chi connectivity index (χ1) is 19.0. The molecular formula is C30H35ClN2O5S2. The number of hydrogen-bond donors (Lipinski definition) is 1. The molecule has 7 nitrogen and oxygen atoms in total. The summed E-state index contributed by atoms with van der Waals surface area (Å²) in [7, 11) is -6.94. The minimum atomic E-state index is -3.55. The van der Waals surface area contributed by atoms with Crippen molar-refractivity contribution >= 4 is 37.2 Å². The lowest BCUT2D eigenvalue weighted by molar-refractivity contribution is 0.0949. The van der Waals surface area contributed by atoms with Gasteiger partial charge in [0.15, 0.2) is 19.7 Å². The fourth-order valence-electron chi connectivity index (χ4n) is 5.22. The van der Waals surface area contributed by atoms with Crippen LogP contribution in [0.1, 0.15) is 41.1 Å². The second-order valence-corrected chi connectivity index (χ2v) is 14.9. The van der Waals surface area contributed by atoms with Gasteiger partial charge in [0.05, 0.1) is 15.5 Å². The third-order valence-corrected chi connectivity index (χ3v) is 10.6. The van der Waals surface area contributed by atoms with E-state index in [0.29, 0.717) is 23.6 Å². The molecule has 0 aliphatic carbocycles. The van der Waals surface area contributed by atoms with E-state index in [1.807, 2.05) is 18.2 Å². The lowest BCUT2D eigenvalue weighted by Crippen LogP contribution is -2.41. The molecule has 1 fully saturated rings. The van der Waals surface area contributed by atoms with E-state index in [1.54, 1.807) is 24.3 Å². The summed E-state index contributed by atoms with van der Waals surface area (Å²) in [6, 6.07) is 22.5. The van der Waals surface area contributed by atoms with Crippen molar-refractivity contribution in [3.63, 3.8) is 0 Å². The van der Waals surface area contributed by atoms with Gasteiger partial charge in [-0.05, 0) is 98.3 Å². The van der Waals surface area contributed by atoms with E-state index in [2.05, 4.69) is 22.3 Å². The van der Waals surface area contributed by atoms with E-state index < -0.39 is 19.7 Å². The van der Waals surface area contributed by atoms with Crippen LogP contribution in [0.3, 0.4) is 0 Å². The highest BCUT2D eigenvalue weighted by atomic mass is 35.5. The van der Waals surface area contributed by atoms with Crippen molar-refractivity contribution in [2.24, 2.45) is 5.92 Å². The standard InChI is InChI=1S/C30H35ClN2O5S2/c1-39(35,36)27-12-14-28(15-13-27)40(37,38)21-17-24-16-20-33(22-29(24)23-6-3-2-4-7-23)19-5-18-32-30(34)25-8-10-26(31)11-9-25/h2-4,6-15,24,29H,5,16-22H2,1H3,(H,32,34). The van der Waals surface area contributed by atoms with Gasteiger partial charge in [-0.25, -0.2) is 16.8 Å². The van der Waals surface area contributed by atoms with Crippen molar-refractivity contribution in [3.8, 4) is 0 Å². The first-order valence-electron chi connectivity index (χ1n) is 13.4. The van der Waals surface area contributed by atoms with E-state index in [-0.39, 0.29) is 33.3 Å². The average molecular weight is 603 g/mol. The molecule has 10 heteroatoms. The van der Waals surface area contributed by atoms with Gasteiger partial charge < -0.3 is 10.2 Å². The van der Waals surface area contributed by atoms with Crippen LogP contribution in [0, 0.1) is 5.92 Å². The highest BCUT2D eigenvalue weighted by Gasteiger charge is 2.31. The third-order valence-electron chi connectivity index (χ3n) is 7.48. The summed E-state index contributed by atoms with van der Waals surface area (Å²) in [5.41, 5.74) is 1.78. The lowest BCUT2D eigenvalue weighted by atomic mass is 9.79. The molecule has 1 aliphatic rings. The van der Waals surface area contributed by atoms with Crippen molar-refractivity contribution in [1.29, 1.82) is 0 Å². The Hall–Kier alpha value is -2.72. The maximum atomic E-state index is 13.1. The molecule has 214 valence electrons. The zero-order valence-corrected chi connectivity index (χ0v) is 24.9. The summed E-state index contributed by atoms with van der Waals surface area (Å²) in [6.45, 7) is 3.08. The number of hydrogen-bond acceptors (Lipinski definition) is 6. The summed E-state index contributed by atoms with van der Waals surface area (Å²) in [4.78, 5) is 15.0. The van der Waals surface area contributed by atoms with Gasteiger partial charge in [0.1, 0.15) is 0 Å². The first-order valence-corrected chi connectivity index (χ1v) is 17.3. The smallest absolute Gasteiger partial charge is 0.251 e.